The van der Waals surface area contributed by atoms with Crippen molar-refractivity contribution in [3.63, 3.8) is 0 Å². The molecule has 5 heteroatoms. The Bertz CT molecular complexity index is 153. The monoisotopic (exact) mass is 235 g/mol. The van der Waals surface area contributed by atoms with E-state index in [9.17, 15) is 5.11 Å². The average molecular weight is 235 g/mol. The molecule has 0 aliphatic rings. The molecule has 0 spiro atoms. The lowest BCUT2D eigenvalue weighted by molar-refractivity contribution is 0.000762. The van der Waals surface area contributed by atoms with Crippen molar-refractivity contribution in [1.82, 2.24) is 0 Å². The summed E-state index contributed by atoms with van der Waals surface area (Å²) in [6.45, 7) is 5.01. The second-order valence-electron chi connectivity index (χ2n) is 4.02. The maximum absolute atomic E-state index is 9.57. The van der Waals surface area contributed by atoms with Crippen molar-refractivity contribution < 1.29 is 19.3 Å². The van der Waals surface area contributed by atoms with E-state index in [1.54, 1.807) is 14.0 Å². The molecule has 0 radical (unpaired) electrons. The molecule has 1 unspecified atom stereocenters. The summed E-state index contributed by atoms with van der Waals surface area (Å²) in [5.74, 6) is 0. The zero-order valence-electron chi connectivity index (χ0n) is 10.4. The number of ether oxygens (including phenoxy) is 3. The lowest BCUT2D eigenvalue weighted by Gasteiger charge is -2.20. The van der Waals surface area contributed by atoms with Crippen LogP contribution in [0.2, 0.25) is 0 Å². The van der Waals surface area contributed by atoms with Crippen LogP contribution in [0.15, 0.2) is 0 Å². The molecule has 5 nitrogen and oxygen atoms in total. The Morgan fingerprint density at radius 2 is 1.69 bits per heavy atom. The molecular formula is C11H25NO4. The molecular weight excluding hydrogens is 210 g/mol. The van der Waals surface area contributed by atoms with Gasteiger partial charge in [0.15, 0.2) is 0 Å². The Hall–Kier alpha value is -0.200. The summed E-state index contributed by atoms with van der Waals surface area (Å²) < 4.78 is 15.5. The first-order valence-corrected chi connectivity index (χ1v) is 5.69. The molecule has 98 valence electrons. The van der Waals surface area contributed by atoms with Gasteiger partial charge in [0.05, 0.1) is 18.8 Å². The molecule has 0 bridgehead atoms. The summed E-state index contributed by atoms with van der Waals surface area (Å²) in [7, 11) is 1.67. The van der Waals surface area contributed by atoms with Gasteiger partial charge < -0.3 is 25.1 Å². The molecule has 3 N–H and O–H groups in total. The molecule has 0 saturated heterocycles. The van der Waals surface area contributed by atoms with E-state index in [-0.39, 0.29) is 6.54 Å². The van der Waals surface area contributed by atoms with Crippen LogP contribution in [0.4, 0.5) is 0 Å². The second kappa shape index (κ2) is 9.99. The maximum atomic E-state index is 9.57. The minimum Gasteiger partial charge on any atom is -0.389 e. The standard InChI is InChI=1S/C11H25NO4/c1-11(13,10-12)4-7-16-9-8-15-6-3-5-14-2/h13H,3-10,12H2,1-2H3. The van der Waals surface area contributed by atoms with Crippen molar-refractivity contribution in [3.05, 3.63) is 0 Å². The SMILES string of the molecule is COCCCOCCOCCC(C)(O)CN. The molecule has 0 aliphatic carbocycles. The Balaban J connectivity index is 3.10. The summed E-state index contributed by atoms with van der Waals surface area (Å²) in [4.78, 5) is 0. The summed E-state index contributed by atoms with van der Waals surface area (Å²) in [5, 5.41) is 9.57. The predicted molar refractivity (Wildman–Crippen MR) is 62.4 cm³/mol. The van der Waals surface area contributed by atoms with Crippen LogP contribution in [-0.4, -0.2) is 57.4 Å². The number of hydrogen-bond donors (Lipinski definition) is 2. The van der Waals surface area contributed by atoms with Gasteiger partial charge >= 0.3 is 0 Å². The highest BCUT2D eigenvalue weighted by atomic mass is 16.5. The lowest BCUT2D eigenvalue weighted by atomic mass is 10.0. The van der Waals surface area contributed by atoms with E-state index in [4.69, 9.17) is 19.9 Å². The highest BCUT2D eigenvalue weighted by molar-refractivity contribution is 4.72. The molecule has 0 rings (SSSR count). The van der Waals surface area contributed by atoms with E-state index in [0.29, 0.717) is 32.8 Å². The zero-order valence-corrected chi connectivity index (χ0v) is 10.4. The Morgan fingerprint density at radius 1 is 1.06 bits per heavy atom. The van der Waals surface area contributed by atoms with E-state index >= 15 is 0 Å². The van der Waals surface area contributed by atoms with Crippen LogP contribution < -0.4 is 5.73 Å². The van der Waals surface area contributed by atoms with Crippen LogP contribution in [0.25, 0.3) is 0 Å². The lowest BCUT2D eigenvalue weighted by Crippen LogP contribution is -2.35. The van der Waals surface area contributed by atoms with Crippen molar-refractivity contribution >= 4 is 0 Å². The first-order chi connectivity index (χ1) is 7.62. The fourth-order valence-corrected chi connectivity index (χ4v) is 1.02. The molecule has 0 aromatic heterocycles. The highest BCUT2D eigenvalue weighted by Crippen LogP contribution is 2.06. The average Bonchev–Trinajstić information content (AvgIpc) is 2.27. The van der Waals surface area contributed by atoms with Gasteiger partial charge in [-0.2, -0.15) is 0 Å². The third-order valence-corrected chi connectivity index (χ3v) is 2.23. The summed E-state index contributed by atoms with van der Waals surface area (Å²) in [6.07, 6.45) is 1.45. The predicted octanol–water partition coefficient (Wildman–Crippen LogP) is 0.156. The minimum absolute atomic E-state index is 0.254. The van der Waals surface area contributed by atoms with Gasteiger partial charge in [0.1, 0.15) is 0 Å². The molecule has 0 aliphatic heterocycles. The summed E-state index contributed by atoms with van der Waals surface area (Å²) in [6, 6.07) is 0. The van der Waals surface area contributed by atoms with E-state index in [1.807, 2.05) is 0 Å². The topological polar surface area (TPSA) is 73.9 Å². The maximum Gasteiger partial charge on any atom is 0.0763 e. The van der Waals surface area contributed by atoms with Crippen LogP contribution in [0.3, 0.4) is 0 Å². The second-order valence-corrected chi connectivity index (χ2v) is 4.02. The van der Waals surface area contributed by atoms with Crippen LogP contribution in [0.5, 0.6) is 0 Å². The van der Waals surface area contributed by atoms with Gasteiger partial charge in [-0.1, -0.05) is 0 Å². The van der Waals surface area contributed by atoms with Crippen LogP contribution >= 0.6 is 0 Å². The third kappa shape index (κ3) is 10.3. The number of rotatable bonds is 11. The third-order valence-electron chi connectivity index (χ3n) is 2.23. The number of methoxy groups -OCH3 is 1. The fraction of sp³-hybridized carbons (Fsp3) is 1.00. The van der Waals surface area contributed by atoms with Gasteiger partial charge in [-0.05, 0) is 13.3 Å². The quantitative estimate of drug-likeness (QED) is 0.499. The van der Waals surface area contributed by atoms with E-state index in [2.05, 4.69) is 0 Å². The van der Waals surface area contributed by atoms with E-state index in [1.165, 1.54) is 0 Å². The summed E-state index contributed by atoms with van der Waals surface area (Å²) >= 11 is 0. The van der Waals surface area contributed by atoms with Gasteiger partial charge in [-0.25, -0.2) is 0 Å². The normalized spacial score (nSPS) is 15.0. The smallest absolute Gasteiger partial charge is 0.0763 e. The van der Waals surface area contributed by atoms with Crippen molar-refractivity contribution in [3.8, 4) is 0 Å². The van der Waals surface area contributed by atoms with Crippen LogP contribution in [-0.2, 0) is 14.2 Å². The van der Waals surface area contributed by atoms with Crippen molar-refractivity contribution in [2.75, 3.05) is 46.7 Å². The molecule has 0 fully saturated rings. The molecule has 0 heterocycles. The van der Waals surface area contributed by atoms with Gasteiger partial charge in [0.25, 0.3) is 0 Å². The minimum atomic E-state index is -0.820. The van der Waals surface area contributed by atoms with Gasteiger partial charge in [-0.3, -0.25) is 0 Å². The van der Waals surface area contributed by atoms with E-state index in [0.717, 1.165) is 13.0 Å². The Kier molecular flexibility index (Phi) is 9.86. The Morgan fingerprint density at radius 3 is 2.25 bits per heavy atom. The molecule has 0 saturated carbocycles. The van der Waals surface area contributed by atoms with Gasteiger partial charge in [-0.15, -0.1) is 0 Å². The molecule has 0 aromatic carbocycles. The van der Waals surface area contributed by atoms with Crippen LogP contribution in [0, 0.1) is 0 Å². The molecule has 0 amide bonds. The zero-order chi connectivity index (χ0) is 12.3. The molecule has 0 aromatic rings. The first kappa shape index (κ1) is 15.8. The number of hydrogen-bond acceptors (Lipinski definition) is 5. The number of nitrogens with two attached hydrogens (primary N) is 1. The first-order valence-electron chi connectivity index (χ1n) is 5.69. The van der Waals surface area contributed by atoms with Crippen molar-refractivity contribution in [2.45, 2.75) is 25.4 Å². The molecule has 1 atom stereocenters. The van der Waals surface area contributed by atoms with Crippen molar-refractivity contribution in [2.24, 2.45) is 5.73 Å². The Labute approximate surface area is 97.9 Å². The fourth-order valence-electron chi connectivity index (χ4n) is 1.02. The number of aliphatic hydroxyl groups is 1. The van der Waals surface area contributed by atoms with Gasteiger partial charge in [0, 0.05) is 39.9 Å². The largest absolute Gasteiger partial charge is 0.389 e. The van der Waals surface area contributed by atoms with Gasteiger partial charge in [0.2, 0.25) is 0 Å². The molecule has 16 heavy (non-hydrogen) atoms. The van der Waals surface area contributed by atoms with Crippen LogP contribution in [0.1, 0.15) is 19.8 Å². The van der Waals surface area contributed by atoms with E-state index < -0.39 is 5.60 Å². The highest BCUT2D eigenvalue weighted by Gasteiger charge is 2.16. The summed E-state index contributed by atoms with van der Waals surface area (Å²) in [5.41, 5.74) is 4.55. The van der Waals surface area contributed by atoms with Crippen molar-refractivity contribution in [1.29, 1.82) is 0 Å².